The highest BCUT2D eigenvalue weighted by atomic mass is 19.1. The van der Waals surface area contributed by atoms with Crippen molar-refractivity contribution in [3.05, 3.63) is 29.6 Å². The van der Waals surface area contributed by atoms with Crippen LogP contribution in [0.2, 0.25) is 0 Å². The van der Waals surface area contributed by atoms with Crippen LogP contribution in [0.4, 0.5) is 4.39 Å². The second kappa shape index (κ2) is 8.12. The zero-order chi connectivity index (χ0) is 14.3. The second-order valence-electron chi connectivity index (χ2n) is 5.18. The molecule has 4 heteroatoms. The van der Waals surface area contributed by atoms with Crippen molar-refractivity contribution in [2.45, 2.75) is 33.4 Å². The molecule has 1 rings (SSSR count). The summed E-state index contributed by atoms with van der Waals surface area (Å²) in [6, 6.07) is 4.78. The van der Waals surface area contributed by atoms with Crippen molar-refractivity contribution in [3.63, 3.8) is 0 Å². The van der Waals surface area contributed by atoms with E-state index in [1.54, 1.807) is 7.11 Å². The van der Waals surface area contributed by atoms with Crippen LogP contribution < -0.4 is 10.1 Å². The van der Waals surface area contributed by atoms with Gasteiger partial charge in [-0.1, -0.05) is 13.8 Å². The Morgan fingerprint density at radius 2 is 1.95 bits per heavy atom. The van der Waals surface area contributed by atoms with Crippen LogP contribution in [-0.2, 0) is 11.3 Å². The average Bonchev–Trinajstić information content (AvgIpc) is 2.35. The van der Waals surface area contributed by atoms with E-state index in [0.29, 0.717) is 24.8 Å². The molecule has 0 aliphatic carbocycles. The predicted octanol–water partition coefficient (Wildman–Crippen LogP) is 2.99. The number of halogens is 1. The monoisotopic (exact) mass is 269 g/mol. The molecule has 0 fully saturated rings. The minimum absolute atomic E-state index is 0.00853. The molecule has 0 saturated carbocycles. The van der Waals surface area contributed by atoms with Gasteiger partial charge in [-0.25, -0.2) is 4.39 Å². The maximum Gasteiger partial charge on any atom is 0.127 e. The minimum Gasteiger partial charge on any atom is -0.491 e. The molecule has 0 amide bonds. The van der Waals surface area contributed by atoms with Gasteiger partial charge in [0.2, 0.25) is 0 Å². The summed E-state index contributed by atoms with van der Waals surface area (Å²) in [5.74, 6) is 0.848. The van der Waals surface area contributed by atoms with E-state index in [-0.39, 0.29) is 11.9 Å². The molecule has 108 valence electrons. The predicted molar refractivity (Wildman–Crippen MR) is 74.9 cm³/mol. The summed E-state index contributed by atoms with van der Waals surface area (Å²) in [5.41, 5.74) is 0.890. The lowest BCUT2D eigenvalue weighted by molar-refractivity contribution is 0.0715. The van der Waals surface area contributed by atoms with Crippen LogP contribution >= 0.6 is 0 Å². The van der Waals surface area contributed by atoms with E-state index in [1.165, 1.54) is 12.1 Å². The smallest absolute Gasteiger partial charge is 0.127 e. The highest BCUT2D eigenvalue weighted by Gasteiger charge is 2.05. The van der Waals surface area contributed by atoms with Gasteiger partial charge in [-0.15, -0.1) is 0 Å². The fourth-order valence-electron chi connectivity index (χ4n) is 1.59. The third kappa shape index (κ3) is 6.55. The van der Waals surface area contributed by atoms with Crippen LogP contribution in [0.1, 0.15) is 26.3 Å². The van der Waals surface area contributed by atoms with E-state index < -0.39 is 0 Å². The number of benzene rings is 1. The topological polar surface area (TPSA) is 30.5 Å². The number of hydrogen-bond donors (Lipinski definition) is 1. The number of hydrogen-bond acceptors (Lipinski definition) is 3. The molecule has 0 heterocycles. The maximum atomic E-state index is 13.5. The second-order valence-corrected chi connectivity index (χ2v) is 5.18. The minimum atomic E-state index is -0.274. The highest BCUT2D eigenvalue weighted by molar-refractivity contribution is 5.29. The number of ether oxygens (including phenoxy) is 2. The summed E-state index contributed by atoms with van der Waals surface area (Å²) in [7, 11) is 1.63. The van der Waals surface area contributed by atoms with Crippen LogP contribution in [0.5, 0.6) is 5.75 Å². The normalized spacial score (nSPS) is 12.7. The highest BCUT2D eigenvalue weighted by Crippen LogP contribution is 2.17. The van der Waals surface area contributed by atoms with E-state index in [4.69, 9.17) is 9.47 Å². The van der Waals surface area contributed by atoms with Crippen LogP contribution in [0.15, 0.2) is 18.2 Å². The van der Waals surface area contributed by atoms with E-state index in [2.05, 4.69) is 19.2 Å². The third-order valence-electron chi connectivity index (χ3n) is 2.70. The lowest BCUT2D eigenvalue weighted by Gasteiger charge is -2.13. The summed E-state index contributed by atoms with van der Waals surface area (Å²) in [6.07, 6.45) is -0.00853. The van der Waals surface area contributed by atoms with E-state index >= 15 is 0 Å². The Kier molecular flexibility index (Phi) is 6.81. The third-order valence-corrected chi connectivity index (χ3v) is 2.70. The molecule has 0 saturated heterocycles. The molecule has 1 N–H and O–H groups in total. The zero-order valence-corrected chi connectivity index (χ0v) is 12.2. The Hall–Kier alpha value is -1.13. The Morgan fingerprint density at radius 3 is 2.58 bits per heavy atom. The van der Waals surface area contributed by atoms with Crippen molar-refractivity contribution in [1.29, 1.82) is 0 Å². The maximum absolute atomic E-state index is 13.5. The molecule has 19 heavy (non-hydrogen) atoms. The van der Waals surface area contributed by atoms with Crippen LogP contribution in [0, 0.1) is 11.7 Å². The van der Waals surface area contributed by atoms with Gasteiger partial charge in [-0.3, -0.25) is 0 Å². The SMILES string of the molecule is COC(C)COc1cc(F)cc(CNCC(C)C)c1. The van der Waals surface area contributed by atoms with Crippen molar-refractivity contribution in [2.24, 2.45) is 5.92 Å². The van der Waals surface area contributed by atoms with Crippen molar-refractivity contribution in [2.75, 3.05) is 20.3 Å². The summed E-state index contributed by atoms with van der Waals surface area (Å²) in [6.45, 7) is 8.15. The van der Waals surface area contributed by atoms with Gasteiger partial charge in [0.15, 0.2) is 0 Å². The molecule has 3 nitrogen and oxygen atoms in total. The molecule has 0 aliphatic heterocycles. The lowest BCUT2D eigenvalue weighted by atomic mass is 10.2. The molecule has 1 atom stereocenters. The van der Waals surface area contributed by atoms with E-state index in [9.17, 15) is 4.39 Å². The fourth-order valence-corrected chi connectivity index (χ4v) is 1.59. The standard InChI is InChI=1S/C15H24FNO2/c1-11(2)8-17-9-13-5-14(16)7-15(6-13)19-10-12(3)18-4/h5-7,11-12,17H,8-10H2,1-4H3. The largest absolute Gasteiger partial charge is 0.491 e. The molecule has 0 aliphatic rings. The van der Waals surface area contributed by atoms with Gasteiger partial charge >= 0.3 is 0 Å². The zero-order valence-electron chi connectivity index (χ0n) is 12.2. The van der Waals surface area contributed by atoms with Gasteiger partial charge in [0, 0.05) is 19.7 Å². The first-order valence-corrected chi connectivity index (χ1v) is 6.67. The van der Waals surface area contributed by atoms with Crippen molar-refractivity contribution in [3.8, 4) is 5.75 Å². The summed E-state index contributed by atoms with van der Waals surface area (Å²) < 4.78 is 24.1. The first-order chi connectivity index (χ1) is 9.01. The molecule has 1 unspecified atom stereocenters. The van der Waals surface area contributed by atoms with Gasteiger partial charge in [0.25, 0.3) is 0 Å². The van der Waals surface area contributed by atoms with Crippen LogP contribution in [0.3, 0.4) is 0 Å². The Bertz CT molecular complexity index is 382. The molecule has 1 aromatic carbocycles. The van der Waals surface area contributed by atoms with Gasteiger partial charge < -0.3 is 14.8 Å². The van der Waals surface area contributed by atoms with E-state index in [1.807, 2.05) is 13.0 Å². The summed E-state index contributed by atoms with van der Waals surface area (Å²) in [4.78, 5) is 0. The molecular formula is C15H24FNO2. The molecule has 1 aromatic rings. The van der Waals surface area contributed by atoms with Crippen LogP contribution in [-0.4, -0.2) is 26.4 Å². The molecule has 0 spiro atoms. The molecule has 0 aromatic heterocycles. The lowest BCUT2D eigenvalue weighted by Crippen LogP contribution is -2.19. The number of nitrogens with one attached hydrogen (secondary N) is 1. The van der Waals surface area contributed by atoms with E-state index in [0.717, 1.165) is 12.1 Å². The summed E-state index contributed by atoms with van der Waals surface area (Å²) >= 11 is 0. The fraction of sp³-hybridized carbons (Fsp3) is 0.600. The van der Waals surface area contributed by atoms with Gasteiger partial charge in [0.05, 0.1) is 6.10 Å². The first-order valence-electron chi connectivity index (χ1n) is 6.67. The molecule has 0 radical (unpaired) electrons. The first kappa shape index (κ1) is 15.9. The van der Waals surface area contributed by atoms with Gasteiger partial charge in [-0.05, 0) is 37.1 Å². The number of rotatable bonds is 8. The summed E-state index contributed by atoms with van der Waals surface area (Å²) in [5, 5.41) is 3.28. The quantitative estimate of drug-likeness (QED) is 0.787. The molecular weight excluding hydrogens is 245 g/mol. The Labute approximate surface area is 115 Å². The van der Waals surface area contributed by atoms with Gasteiger partial charge in [-0.2, -0.15) is 0 Å². The van der Waals surface area contributed by atoms with Crippen molar-refractivity contribution < 1.29 is 13.9 Å². The Morgan fingerprint density at radius 1 is 1.21 bits per heavy atom. The molecule has 0 bridgehead atoms. The number of methoxy groups -OCH3 is 1. The van der Waals surface area contributed by atoms with Crippen molar-refractivity contribution >= 4 is 0 Å². The van der Waals surface area contributed by atoms with Crippen molar-refractivity contribution in [1.82, 2.24) is 5.32 Å². The average molecular weight is 269 g/mol. The van der Waals surface area contributed by atoms with Crippen LogP contribution in [0.25, 0.3) is 0 Å². The Balaban J connectivity index is 2.55. The van der Waals surface area contributed by atoms with Gasteiger partial charge in [0.1, 0.15) is 18.2 Å².